The topological polar surface area (TPSA) is 39.7 Å². The first-order valence-corrected chi connectivity index (χ1v) is 10.1. The second kappa shape index (κ2) is 11.2. The number of hydrogen-bond donors (Lipinski definition) is 2. The van der Waals surface area contributed by atoms with Crippen molar-refractivity contribution >= 4 is 47.4 Å². The van der Waals surface area contributed by atoms with Gasteiger partial charge in [0.1, 0.15) is 0 Å². The number of para-hydroxylation sites is 1. The molecule has 1 aliphatic heterocycles. The van der Waals surface area contributed by atoms with Crippen LogP contribution >= 0.6 is 35.7 Å². The van der Waals surface area contributed by atoms with E-state index in [1.54, 1.807) is 0 Å². The summed E-state index contributed by atoms with van der Waals surface area (Å²) in [5.41, 5.74) is 1.34. The number of nitrogens with zero attached hydrogens (tertiary/aromatic N) is 2. The quantitative estimate of drug-likeness (QED) is 0.357. The summed E-state index contributed by atoms with van der Waals surface area (Å²) in [5, 5.41) is 6.90. The maximum atomic E-state index is 4.75. The van der Waals surface area contributed by atoms with Gasteiger partial charge in [-0.15, -0.1) is 24.0 Å². The average Bonchev–Trinajstić information content (AvgIpc) is 3.07. The van der Waals surface area contributed by atoms with Gasteiger partial charge in [0.25, 0.3) is 0 Å². The van der Waals surface area contributed by atoms with Crippen LogP contribution in [-0.2, 0) is 0 Å². The maximum Gasteiger partial charge on any atom is 0.191 e. The molecule has 0 spiro atoms. The SMILES string of the molecule is CCNC(=NCC(C)(C)SC)NCC1CCN(c2ccccc2)C1.I. The van der Waals surface area contributed by atoms with E-state index in [2.05, 4.69) is 72.9 Å². The van der Waals surface area contributed by atoms with Crippen LogP contribution in [0.2, 0.25) is 0 Å². The molecule has 0 bridgehead atoms. The Bertz CT molecular complexity index is 521. The third-order valence-corrected chi connectivity index (χ3v) is 5.71. The predicted octanol–water partition coefficient (Wildman–Crippen LogP) is 3.83. The molecule has 1 saturated heterocycles. The number of aliphatic imine (C=N–C) groups is 1. The van der Waals surface area contributed by atoms with Crippen LogP contribution in [0.25, 0.3) is 0 Å². The van der Waals surface area contributed by atoms with Gasteiger partial charge in [0.2, 0.25) is 0 Å². The molecule has 1 aromatic rings. The van der Waals surface area contributed by atoms with Crippen molar-refractivity contribution in [2.45, 2.75) is 31.9 Å². The first-order chi connectivity index (χ1) is 11.5. The fourth-order valence-corrected chi connectivity index (χ4v) is 2.98. The Morgan fingerprint density at radius 3 is 2.64 bits per heavy atom. The molecule has 0 aromatic heterocycles. The number of nitrogens with one attached hydrogen (secondary N) is 2. The summed E-state index contributed by atoms with van der Waals surface area (Å²) in [5.74, 6) is 1.61. The van der Waals surface area contributed by atoms with Crippen LogP contribution < -0.4 is 15.5 Å². The minimum absolute atomic E-state index is 0. The van der Waals surface area contributed by atoms with E-state index in [1.165, 1.54) is 12.1 Å². The molecule has 2 N–H and O–H groups in total. The van der Waals surface area contributed by atoms with Crippen molar-refractivity contribution in [3.05, 3.63) is 30.3 Å². The first kappa shape index (κ1) is 22.4. The maximum absolute atomic E-state index is 4.75. The standard InChI is InChI=1S/C19H32N4S.HI/c1-5-20-18(22-15-19(2,3)24-4)21-13-16-11-12-23(14-16)17-9-7-6-8-10-17;/h6-10,16H,5,11-15H2,1-4H3,(H2,20,21,22);1H. The van der Waals surface area contributed by atoms with Crippen molar-refractivity contribution in [1.29, 1.82) is 0 Å². The zero-order valence-corrected chi connectivity index (χ0v) is 19.1. The van der Waals surface area contributed by atoms with Gasteiger partial charge in [-0.2, -0.15) is 11.8 Å². The van der Waals surface area contributed by atoms with Gasteiger partial charge in [-0.25, -0.2) is 0 Å². The van der Waals surface area contributed by atoms with Crippen molar-refractivity contribution in [1.82, 2.24) is 10.6 Å². The van der Waals surface area contributed by atoms with Crippen molar-refractivity contribution in [2.75, 3.05) is 43.9 Å². The van der Waals surface area contributed by atoms with Gasteiger partial charge < -0.3 is 15.5 Å². The normalized spacial score (nSPS) is 18.0. The second-order valence-corrected chi connectivity index (χ2v) is 8.49. The van der Waals surface area contributed by atoms with Gasteiger partial charge in [0, 0.05) is 36.6 Å². The highest BCUT2D eigenvalue weighted by Gasteiger charge is 2.23. The van der Waals surface area contributed by atoms with Crippen molar-refractivity contribution in [3.63, 3.8) is 0 Å². The van der Waals surface area contributed by atoms with E-state index in [0.29, 0.717) is 5.92 Å². The lowest BCUT2D eigenvalue weighted by molar-refractivity contribution is 0.565. The Hall–Kier alpha value is -0.630. The molecule has 1 atom stereocenters. The minimum Gasteiger partial charge on any atom is -0.371 e. The monoisotopic (exact) mass is 476 g/mol. The zero-order chi connectivity index (χ0) is 17.4. The summed E-state index contributed by atoms with van der Waals surface area (Å²) >= 11 is 1.86. The molecule has 0 aliphatic carbocycles. The molecule has 1 unspecified atom stereocenters. The summed E-state index contributed by atoms with van der Waals surface area (Å²) in [4.78, 5) is 7.23. The van der Waals surface area contributed by atoms with Crippen LogP contribution in [0.3, 0.4) is 0 Å². The molecule has 0 saturated carbocycles. The summed E-state index contributed by atoms with van der Waals surface area (Å²) in [6.07, 6.45) is 3.38. The smallest absolute Gasteiger partial charge is 0.191 e. The van der Waals surface area contributed by atoms with Gasteiger partial charge in [0.15, 0.2) is 5.96 Å². The number of hydrogen-bond acceptors (Lipinski definition) is 3. The Morgan fingerprint density at radius 2 is 2.00 bits per heavy atom. The Labute approximate surface area is 174 Å². The number of anilines is 1. The number of guanidine groups is 1. The molecular formula is C19H33IN4S. The molecule has 2 rings (SSSR count). The second-order valence-electron chi connectivity index (χ2n) is 6.98. The largest absolute Gasteiger partial charge is 0.371 e. The molecule has 1 fully saturated rings. The first-order valence-electron chi connectivity index (χ1n) is 8.91. The van der Waals surface area contributed by atoms with Gasteiger partial charge in [-0.3, -0.25) is 4.99 Å². The highest BCUT2D eigenvalue weighted by atomic mass is 127. The number of benzene rings is 1. The number of thioether (sulfide) groups is 1. The molecule has 0 amide bonds. The van der Waals surface area contributed by atoms with Gasteiger partial charge in [-0.1, -0.05) is 18.2 Å². The van der Waals surface area contributed by atoms with Crippen molar-refractivity contribution < 1.29 is 0 Å². The Balaban J connectivity index is 0.00000312. The van der Waals surface area contributed by atoms with Crippen LogP contribution in [0.1, 0.15) is 27.2 Å². The van der Waals surface area contributed by atoms with Crippen LogP contribution in [0.4, 0.5) is 5.69 Å². The van der Waals surface area contributed by atoms with E-state index in [4.69, 9.17) is 4.99 Å². The van der Waals surface area contributed by atoms with Gasteiger partial charge in [-0.05, 0) is 51.5 Å². The highest BCUT2D eigenvalue weighted by molar-refractivity contribution is 14.0. The van der Waals surface area contributed by atoms with Crippen LogP contribution in [0, 0.1) is 5.92 Å². The minimum atomic E-state index is 0. The third-order valence-electron chi connectivity index (χ3n) is 4.48. The fraction of sp³-hybridized carbons (Fsp3) is 0.632. The lowest BCUT2D eigenvalue weighted by Gasteiger charge is -2.21. The van der Waals surface area contributed by atoms with Crippen molar-refractivity contribution in [3.8, 4) is 0 Å². The van der Waals surface area contributed by atoms with E-state index in [9.17, 15) is 0 Å². The van der Waals surface area contributed by atoms with Crippen molar-refractivity contribution in [2.24, 2.45) is 10.9 Å². The average molecular weight is 476 g/mol. The van der Waals surface area contributed by atoms with Crippen LogP contribution in [0.5, 0.6) is 0 Å². The summed E-state index contributed by atoms with van der Waals surface area (Å²) in [7, 11) is 0. The van der Waals surface area contributed by atoms with Crippen LogP contribution in [0.15, 0.2) is 35.3 Å². The van der Waals surface area contributed by atoms with E-state index < -0.39 is 0 Å². The molecule has 142 valence electrons. The summed E-state index contributed by atoms with van der Waals surface area (Å²) in [6.45, 7) is 11.5. The molecule has 1 aliphatic rings. The molecular weight excluding hydrogens is 443 g/mol. The molecule has 1 heterocycles. The van der Waals surface area contributed by atoms with E-state index in [0.717, 1.165) is 38.7 Å². The molecule has 6 heteroatoms. The van der Waals surface area contributed by atoms with E-state index in [-0.39, 0.29) is 28.7 Å². The fourth-order valence-electron chi connectivity index (χ4n) is 2.79. The Kier molecular flexibility index (Phi) is 10.0. The Morgan fingerprint density at radius 1 is 1.28 bits per heavy atom. The van der Waals surface area contributed by atoms with E-state index in [1.807, 2.05) is 11.8 Å². The third kappa shape index (κ3) is 7.64. The number of halogens is 1. The lowest BCUT2D eigenvalue weighted by Crippen LogP contribution is -2.41. The van der Waals surface area contributed by atoms with Crippen LogP contribution in [-0.4, -0.2) is 49.7 Å². The number of rotatable bonds is 7. The summed E-state index contributed by atoms with van der Waals surface area (Å²) < 4.78 is 0.180. The highest BCUT2D eigenvalue weighted by Crippen LogP contribution is 2.23. The lowest BCUT2D eigenvalue weighted by atomic mass is 10.1. The van der Waals surface area contributed by atoms with Gasteiger partial charge in [0.05, 0.1) is 6.54 Å². The summed E-state index contributed by atoms with van der Waals surface area (Å²) in [6, 6.07) is 10.7. The molecule has 25 heavy (non-hydrogen) atoms. The molecule has 0 radical (unpaired) electrons. The molecule has 4 nitrogen and oxygen atoms in total. The molecule has 1 aromatic carbocycles. The predicted molar refractivity (Wildman–Crippen MR) is 124 cm³/mol. The van der Waals surface area contributed by atoms with E-state index >= 15 is 0 Å². The zero-order valence-electron chi connectivity index (χ0n) is 15.9. The van der Waals surface area contributed by atoms with Gasteiger partial charge >= 0.3 is 0 Å².